The van der Waals surface area contributed by atoms with Crippen LogP contribution in [0.1, 0.15) is 39.5 Å². The van der Waals surface area contributed by atoms with Crippen LogP contribution in [0.15, 0.2) is 36.0 Å². The number of alkyl halides is 3. The SMILES string of the molecule is CC/C=C(\C=C/CNC1C=CC(C)CCC1)C(F)(F)F. The molecule has 0 amide bonds. The summed E-state index contributed by atoms with van der Waals surface area (Å²) in [5.41, 5.74) is -0.563. The van der Waals surface area contributed by atoms with E-state index in [9.17, 15) is 13.2 Å². The van der Waals surface area contributed by atoms with Crippen molar-refractivity contribution >= 4 is 0 Å². The summed E-state index contributed by atoms with van der Waals surface area (Å²) in [7, 11) is 0. The summed E-state index contributed by atoms with van der Waals surface area (Å²) in [6.45, 7) is 4.35. The number of hydrogen-bond donors (Lipinski definition) is 1. The topological polar surface area (TPSA) is 12.0 Å². The summed E-state index contributed by atoms with van der Waals surface area (Å²) in [5.74, 6) is 0.599. The van der Waals surface area contributed by atoms with E-state index in [0.717, 1.165) is 12.8 Å². The van der Waals surface area contributed by atoms with Crippen molar-refractivity contribution in [1.82, 2.24) is 5.32 Å². The Hall–Kier alpha value is -1.03. The van der Waals surface area contributed by atoms with Crippen LogP contribution in [0.25, 0.3) is 0 Å². The van der Waals surface area contributed by atoms with Gasteiger partial charge in [0.2, 0.25) is 0 Å². The Balaban J connectivity index is 2.44. The molecular weight excluding hydrogens is 263 g/mol. The molecule has 0 heterocycles. The standard InChI is InChI=1S/C16H24F3N/c1-3-6-14(16(17,18)19)8-5-12-20-15-9-4-7-13(2)10-11-15/h5-6,8,10-11,13,15,20H,3-4,7,9,12H2,1-2H3/b8-5-,14-6+. The van der Waals surface area contributed by atoms with E-state index in [1.165, 1.54) is 18.6 Å². The van der Waals surface area contributed by atoms with Crippen LogP contribution < -0.4 is 5.32 Å². The number of nitrogens with one attached hydrogen (secondary N) is 1. The van der Waals surface area contributed by atoms with E-state index < -0.39 is 11.7 Å². The van der Waals surface area contributed by atoms with Gasteiger partial charge in [-0.15, -0.1) is 0 Å². The first-order valence-corrected chi connectivity index (χ1v) is 7.29. The van der Waals surface area contributed by atoms with Gasteiger partial charge >= 0.3 is 6.18 Å². The maximum absolute atomic E-state index is 12.6. The molecule has 2 unspecified atom stereocenters. The van der Waals surface area contributed by atoms with Crippen LogP contribution in [-0.4, -0.2) is 18.8 Å². The van der Waals surface area contributed by atoms with Gasteiger partial charge in [0.05, 0.1) is 5.57 Å². The highest BCUT2D eigenvalue weighted by atomic mass is 19.4. The van der Waals surface area contributed by atoms with E-state index in [1.54, 1.807) is 13.0 Å². The van der Waals surface area contributed by atoms with Crippen molar-refractivity contribution in [3.63, 3.8) is 0 Å². The molecule has 2 atom stereocenters. The lowest BCUT2D eigenvalue weighted by Gasteiger charge is -2.12. The van der Waals surface area contributed by atoms with Crippen molar-refractivity contribution in [1.29, 1.82) is 0 Å². The molecule has 4 heteroatoms. The Labute approximate surface area is 119 Å². The van der Waals surface area contributed by atoms with E-state index in [1.807, 2.05) is 0 Å². The quantitative estimate of drug-likeness (QED) is 0.567. The highest BCUT2D eigenvalue weighted by Gasteiger charge is 2.30. The van der Waals surface area contributed by atoms with Gasteiger partial charge in [0.1, 0.15) is 0 Å². The summed E-state index contributed by atoms with van der Waals surface area (Å²) >= 11 is 0. The average Bonchev–Trinajstić information content (AvgIpc) is 2.57. The number of halogens is 3. The Morgan fingerprint density at radius 1 is 1.30 bits per heavy atom. The second-order valence-electron chi connectivity index (χ2n) is 5.28. The number of allylic oxidation sites excluding steroid dienone is 4. The summed E-state index contributed by atoms with van der Waals surface area (Å²) in [6.07, 6.45) is 7.76. The van der Waals surface area contributed by atoms with Crippen LogP contribution in [0.3, 0.4) is 0 Å². The van der Waals surface area contributed by atoms with Gasteiger partial charge in [-0.05, 0) is 25.2 Å². The van der Waals surface area contributed by atoms with E-state index in [2.05, 4.69) is 24.4 Å². The molecule has 1 nitrogen and oxygen atoms in total. The fraction of sp³-hybridized carbons (Fsp3) is 0.625. The molecule has 1 N–H and O–H groups in total. The van der Waals surface area contributed by atoms with Crippen molar-refractivity contribution in [2.45, 2.75) is 51.7 Å². The molecule has 1 rings (SSSR count). The fourth-order valence-corrected chi connectivity index (χ4v) is 2.25. The molecule has 1 aliphatic carbocycles. The number of rotatable bonds is 5. The first-order valence-electron chi connectivity index (χ1n) is 7.29. The van der Waals surface area contributed by atoms with Crippen molar-refractivity contribution in [3.8, 4) is 0 Å². The van der Waals surface area contributed by atoms with Crippen molar-refractivity contribution in [3.05, 3.63) is 36.0 Å². The van der Waals surface area contributed by atoms with Crippen LogP contribution in [0.5, 0.6) is 0 Å². The zero-order chi connectivity index (χ0) is 15.0. The maximum atomic E-state index is 12.6. The fourth-order valence-electron chi connectivity index (χ4n) is 2.25. The van der Waals surface area contributed by atoms with Gasteiger partial charge in [-0.1, -0.05) is 50.6 Å². The highest BCUT2D eigenvalue weighted by Crippen LogP contribution is 2.26. The van der Waals surface area contributed by atoms with E-state index in [4.69, 9.17) is 0 Å². The molecule has 0 aromatic heterocycles. The molecule has 0 bridgehead atoms. The zero-order valence-corrected chi connectivity index (χ0v) is 12.2. The maximum Gasteiger partial charge on any atom is 0.416 e. The summed E-state index contributed by atoms with van der Waals surface area (Å²) < 4.78 is 37.9. The second-order valence-corrected chi connectivity index (χ2v) is 5.28. The average molecular weight is 287 g/mol. The first kappa shape index (κ1) is 17.0. The van der Waals surface area contributed by atoms with Gasteiger partial charge in [0.15, 0.2) is 0 Å². The molecule has 1 aliphatic rings. The van der Waals surface area contributed by atoms with Crippen molar-refractivity contribution in [2.24, 2.45) is 5.92 Å². The minimum atomic E-state index is -4.26. The molecule has 20 heavy (non-hydrogen) atoms. The predicted molar refractivity (Wildman–Crippen MR) is 77.5 cm³/mol. The van der Waals surface area contributed by atoms with Gasteiger partial charge < -0.3 is 5.32 Å². The van der Waals surface area contributed by atoms with Crippen LogP contribution in [0.2, 0.25) is 0 Å². The van der Waals surface area contributed by atoms with E-state index in [-0.39, 0.29) is 6.04 Å². The Morgan fingerprint density at radius 3 is 2.70 bits per heavy atom. The molecular formula is C16H24F3N. The minimum Gasteiger partial charge on any atom is -0.307 e. The third-order valence-electron chi connectivity index (χ3n) is 3.39. The third kappa shape index (κ3) is 6.42. The summed E-state index contributed by atoms with van der Waals surface area (Å²) in [5, 5.41) is 3.26. The molecule has 0 saturated heterocycles. The molecule has 0 aromatic carbocycles. The van der Waals surface area contributed by atoms with E-state index in [0.29, 0.717) is 18.9 Å². The van der Waals surface area contributed by atoms with Crippen LogP contribution >= 0.6 is 0 Å². The minimum absolute atomic E-state index is 0.272. The lowest BCUT2D eigenvalue weighted by atomic mass is 10.1. The Morgan fingerprint density at radius 2 is 2.05 bits per heavy atom. The molecule has 0 saturated carbocycles. The predicted octanol–water partition coefficient (Wildman–Crippen LogP) is 4.78. The van der Waals surface area contributed by atoms with Crippen molar-refractivity contribution in [2.75, 3.05) is 6.54 Å². The molecule has 0 aromatic rings. The number of hydrogen-bond acceptors (Lipinski definition) is 1. The van der Waals surface area contributed by atoms with Gasteiger partial charge in [0.25, 0.3) is 0 Å². The smallest absolute Gasteiger partial charge is 0.307 e. The summed E-state index contributed by atoms with van der Waals surface area (Å²) in [4.78, 5) is 0. The van der Waals surface area contributed by atoms with Crippen LogP contribution in [-0.2, 0) is 0 Å². The molecule has 114 valence electrons. The van der Waals surface area contributed by atoms with Crippen LogP contribution in [0.4, 0.5) is 13.2 Å². The molecule has 0 spiro atoms. The molecule has 0 fully saturated rings. The van der Waals surface area contributed by atoms with Crippen LogP contribution in [0, 0.1) is 5.92 Å². The van der Waals surface area contributed by atoms with Crippen molar-refractivity contribution < 1.29 is 13.2 Å². The van der Waals surface area contributed by atoms with Gasteiger partial charge in [-0.25, -0.2) is 0 Å². The third-order valence-corrected chi connectivity index (χ3v) is 3.39. The van der Waals surface area contributed by atoms with Gasteiger partial charge in [0, 0.05) is 12.6 Å². The lowest BCUT2D eigenvalue weighted by Crippen LogP contribution is -2.26. The largest absolute Gasteiger partial charge is 0.416 e. The van der Waals surface area contributed by atoms with Gasteiger partial charge in [-0.3, -0.25) is 0 Å². The molecule has 0 aliphatic heterocycles. The highest BCUT2D eigenvalue weighted by molar-refractivity contribution is 5.23. The Kier molecular flexibility index (Phi) is 7.06. The van der Waals surface area contributed by atoms with Gasteiger partial charge in [-0.2, -0.15) is 13.2 Å². The Bertz CT molecular complexity index is 366. The monoisotopic (exact) mass is 287 g/mol. The first-order chi connectivity index (χ1) is 9.43. The zero-order valence-electron chi connectivity index (χ0n) is 12.2. The van der Waals surface area contributed by atoms with E-state index >= 15 is 0 Å². The lowest BCUT2D eigenvalue weighted by molar-refractivity contribution is -0.0884. The second kappa shape index (κ2) is 8.30. The normalized spacial score (nSPS) is 25.1. The summed E-state index contributed by atoms with van der Waals surface area (Å²) in [6, 6.07) is 0.272. The molecule has 0 radical (unpaired) electrons.